The summed E-state index contributed by atoms with van der Waals surface area (Å²) < 4.78 is 5.39. The Balaban J connectivity index is 2.18. The highest BCUT2D eigenvalue weighted by atomic mass is 16.5. The highest BCUT2D eigenvalue weighted by molar-refractivity contribution is 6.31. The van der Waals surface area contributed by atoms with Crippen LogP contribution in [0.25, 0.3) is 16.8 Å². The summed E-state index contributed by atoms with van der Waals surface area (Å²) in [7, 11) is 0. The molecule has 3 rings (SSSR count). The number of nitriles is 1. The number of amides is 4. The molecule has 0 bridgehead atoms. The zero-order valence-electron chi connectivity index (χ0n) is 12.3. The van der Waals surface area contributed by atoms with Gasteiger partial charge in [0.2, 0.25) is 0 Å². The van der Waals surface area contributed by atoms with Crippen molar-refractivity contribution in [3.8, 4) is 11.8 Å². The van der Waals surface area contributed by atoms with Crippen LogP contribution in [0.3, 0.4) is 0 Å². The molecule has 2 aromatic carbocycles. The largest absolute Gasteiger partial charge is 0.478 e. The zero-order chi connectivity index (χ0) is 17.1. The maximum absolute atomic E-state index is 11.9. The zero-order valence-corrected chi connectivity index (χ0v) is 12.3. The van der Waals surface area contributed by atoms with Crippen LogP contribution in [-0.2, 0) is 9.59 Å². The number of hydrogen-bond donors (Lipinski definition) is 2. The third-order valence-electron chi connectivity index (χ3n) is 3.45. The average Bonchev–Trinajstić information content (AvgIpc) is 2.56. The Kier molecular flexibility index (Phi) is 3.95. The Labute approximate surface area is 136 Å². The smallest absolute Gasteiger partial charge is 0.328 e. The van der Waals surface area contributed by atoms with Crippen molar-refractivity contribution in [2.24, 2.45) is 0 Å². The lowest BCUT2D eigenvalue weighted by atomic mass is 10.00. The molecule has 4 amide bonds. The molecule has 1 saturated heterocycles. The third-order valence-corrected chi connectivity index (χ3v) is 3.45. The van der Waals surface area contributed by atoms with Gasteiger partial charge in [0, 0.05) is 5.56 Å². The molecular weight excluding hydrogens is 310 g/mol. The second kappa shape index (κ2) is 6.22. The van der Waals surface area contributed by atoms with E-state index in [1.165, 1.54) is 6.08 Å². The number of carbonyl (C=O) groups excluding carboxylic acids is 3. The number of ether oxygens (including phenoxy) is 1. The van der Waals surface area contributed by atoms with Gasteiger partial charge in [0.05, 0.1) is 0 Å². The van der Waals surface area contributed by atoms with Crippen molar-refractivity contribution in [3.63, 3.8) is 0 Å². The van der Waals surface area contributed by atoms with Crippen molar-refractivity contribution < 1.29 is 19.1 Å². The van der Waals surface area contributed by atoms with Crippen molar-refractivity contribution in [3.05, 3.63) is 47.5 Å². The number of barbiturate groups is 1. The third kappa shape index (κ3) is 2.80. The first-order valence-electron chi connectivity index (χ1n) is 7.00. The molecule has 0 aliphatic carbocycles. The maximum atomic E-state index is 11.9. The van der Waals surface area contributed by atoms with Crippen LogP contribution in [0.5, 0.6) is 5.75 Å². The first-order chi connectivity index (χ1) is 11.6. The van der Waals surface area contributed by atoms with E-state index in [2.05, 4.69) is 0 Å². The van der Waals surface area contributed by atoms with E-state index in [1.807, 2.05) is 47.0 Å². The molecule has 0 saturated carbocycles. The second-order valence-corrected chi connectivity index (χ2v) is 4.94. The van der Waals surface area contributed by atoms with Crippen LogP contribution in [-0.4, -0.2) is 24.5 Å². The summed E-state index contributed by atoms with van der Waals surface area (Å²) in [4.78, 5) is 35.0. The van der Waals surface area contributed by atoms with Crippen LogP contribution < -0.4 is 15.4 Å². The number of nitrogens with zero attached hydrogens (tertiary/aromatic N) is 1. The van der Waals surface area contributed by atoms with Crippen LogP contribution >= 0.6 is 0 Å². The van der Waals surface area contributed by atoms with E-state index in [9.17, 15) is 14.4 Å². The molecule has 118 valence electrons. The summed E-state index contributed by atoms with van der Waals surface area (Å²) in [5.74, 6) is -1.22. The van der Waals surface area contributed by atoms with Crippen LogP contribution in [0.2, 0.25) is 0 Å². The summed E-state index contributed by atoms with van der Waals surface area (Å²) in [6.45, 7) is -0.175. The topological polar surface area (TPSA) is 108 Å². The highest BCUT2D eigenvalue weighted by Crippen LogP contribution is 2.30. The van der Waals surface area contributed by atoms with Crippen LogP contribution in [0.15, 0.2) is 42.0 Å². The summed E-state index contributed by atoms with van der Waals surface area (Å²) in [6.07, 6.45) is 1.35. The Morgan fingerprint density at radius 2 is 1.75 bits per heavy atom. The second-order valence-electron chi connectivity index (χ2n) is 4.94. The number of urea groups is 1. The summed E-state index contributed by atoms with van der Waals surface area (Å²) in [6, 6.07) is 11.8. The van der Waals surface area contributed by atoms with Gasteiger partial charge in [0.15, 0.2) is 6.61 Å². The van der Waals surface area contributed by atoms with E-state index >= 15 is 0 Å². The number of nitrogens with one attached hydrogen (secondary N) is 2. The van der Waals surface area contributed by atoms with Crippen molar-refractivity contribution >= 4 is 34.7 Å². The number of imide groups is 2. The molecule has 0 unspecified atom stereocenters. The fourth-order valence-corrected chi connectivity index (χ4v) is 2.41. The molecule has 1 aliphatic rings. The molecule has 0 atom stereocenters. The van der Waals surface area contributed by atoms with E-state index in [4.69, 9.17) is 10.00 Å². The number of carbonyl (C=O) groups is 3. The summed E-state index contributed by atoms with van der Waals surface area (Å²) in [5.41, 5.74) is 0.269. The van der Waals surface area contributed by atoms with Gasteiger partial charge in [0.25, 0.3) is 11.8 Å². The van der Waals surface area contributed by atoms with E-state index in [-0.39, 0.29) is 12.2 Å². The minimum absolute atomic E-state index is 0.175. The molecule has 1 aliphatic heterocycles. The fraction of sp³-hybridized carbons (Fsp3) is 0.0588. The van der Waals surface area contributed by atoms with Crippen LogP contribution in [0.1, 0.15) is 5.56 Å². The van der Waals surface area contributed by atoms with E-state index in [0.717, 1.165) is 10.8 Å². The Morgan fingerprint density at radius 1 is 1.04 bits per heavy atom. The van der Waals surface area contributed by atoms with Gasteiger partial charge >= 0.3 is 6.03 Å². The molecule has 0 aromatic heterocycles. The molecule has 2 aromatic rings. The molecule has 0 radical (unpaired) electrons. The van der Waals surface area contributed by atoms with Crippen molar-refractivity contribution in [1.29, 1.82) is 5.26 Å². The van der Waals surface area contributed by atoms with Crippen molar-refractivity contribution in [1.82, 2.24) is 10.6 Å². The molecule has 2 N–H and O–H groups in total. The molecule has 0 spiro atoms. The van der Waals surface area contributed by atoms with Gasteiger partial charge in [-0.25, -0.2) is 4.79 Å². The van der Waals surface area contributed by atoms with E-state index < -0.39 is 17.8 Å². The van der Waals surface area contributed by atoms with Gasteiger partial charge in [-0.2, -0.15) is 5.26 Å². The van der Waals surface area contributed by atoms with Crippen molar-refractivity contribution in [2.75, 3.05) is 6.61 Å². The quantitative estimate of drug-likeness (QED) is 0.658. The minimum Gasteiger partial charge on any atom is -0.478 e. The Bertz CT molecular complexity index is 918. The number of fused-ring (bicyclic) bond motifs is 1. The molecule has 24 heavy (non-hydrogen) atoms. The molecule has 7 nitrogen and oxygen atoms in total. The van der Waals surface area contributed by atoms with E-state index in [1.54, 1.807) is 6.07 Å². The minimum atomic E-state index is -0.860. The lowest BCUT2D eigenvalue weighted by Gasteiger charge is -2.15. The predicted molar refractivity (Wildman–Crippen MR) is 84.7 cm³/mol. The van der Waals surface area contributed by atoms with Gasteiger partial charge in [-0.3, -0.25) is 20.2 Å². The van der Waals surface area contributed by atoms with Crippen molar-refractivity contribution in [2.45, 2.75) is 0 Å². The fourth-order valence-electron chi connectivity index (χ4n) is 2.41. The summed E-state index contributed by atoms with van der Waals surface area (Å²) >= 11 is 0. The van der Waals surface area contributed by atoms with Crippen LogP contribution in [0, 0.1) is 11.3 Å². The number of benzene rings is 2. The van der Waals surface area contributed by atoms with E-state index in [0.29, 0.717) is 11.3 Å². The highest BCUT2D eigenvalue weighted by Gasteiger charge is 2.28. The van der Waals surface area contributed by atoms with Gasteiger partial charge in [-0.15, -0.1) is 0 Å². The monoisotopic (exact) mass is 321 g/mol. The SMILES string of the molecule is N#CCOc1ccc2ccccc2c1C=C1C(=O)NC(=O)NC1=O. The maximum Gasteiger partial charge on any atom is 0.328 e. The Hall–Kier alpha value is -3.66. The number of rotatable bonds is 3. The molecule has 7 heteroatoms. The van der Waals surface area contributed by atoms with Gasteiger partial charge in [0.1, 0.15) is 17.4 Å². The molecular formula is C17H11N3O4. The first-order valence-corrected chi connectivity index (χ1v) is 7.00. The normalized spacial score (nSPS) is 14.0. The lowest BCUT2D eigenvalue weighted by molar-refractivity contribution is -0.123. The average molecular weight is 321 g/mol. The molecule has 1 fully saturated rings. The van der Waals surface area contributed by atoms with Crippen LogP contribution in [0.4, 0.5) is 4.79 Å². The standard InChI is InChI=1S/C17H11N3O4/c18-7-8-24-14-6-5-10-3-1-2-4-11(10)12(14)9-13-15(21)19-17(23)20-16(13)22/h1-6,9H,8H2,(H2,19,20,21,22,23). The van der Waals surface area contributed by atoms with Gasteiger partial charge in [-0.05, 0) is 22.9 Å². The molecule has 1 heterocycles. The lowest BCUT2D eigenvalue weighted by Crippen LogP contribution is -2.51. The number of hydrogen-bond acceptors (Lipinski definition) is 5. The van der Waals surface area contributed by atoms with Gasteiger partial charge in [-0.1, -0.05) is 30.3 Å². The van der Waals surface area contributed by atoms with Gasteiger partial charge < -0.3 is 4.74 Å². The Morgan fingerprint density at radius 3 is 2.46 bits per heavy atom. The summed E-state index contributed by atoms with van der Waals surface area (Å²) in [5, 5.41) is 14.4. The first kappa shape index (κ1) is 15.2. The predicted octanol–water partition coefficient (Wildman–Crippen LogP) is 1.49.